The molecule has 3 aromatic heterocycles. The van der Waals surface area contributed by atoms with Gasteiger partial charge in [-0.3, -0.25) is 14.0 Å². The third-order valence-electron chi connectivity index (χ3n) is 9.55. The molecule has 1 amide bonds. The van der Waals surface area contributed by atoms with Crippen LogP contribution in [-0.2, 0) is 22.6 Å². The van der Waals surface area contributed by atoms with Crippen LogP contribution in [0.1, 0.15) is 24.0 Å². The molecule has 11 nitrogen and oxygen atoms in total. The van der Waals surface area contributed by atoms with E-state index in [2.05, 4.69) is 20.9 Å². The van der Waals surface area contributed by atoms with Gasteiger partial charge in [0.2, 0.25) is 11.8 Å². The molecule has 51 heavy (non-hydrogen) atoms. The van der Waals surface area contributed by atoms with Crippen molar-refractivity contribution in [1.29, 1.82) is 0 Å². The Morgan fingerprint density at radius 1 is 0.980 bits per heavy atom. The summed E-state index contributed by atoms with van der Waals surface area (Å²) in [7, 11) is 1.59. The Hall–Kier alpha value is -4.36. The summed E-state index contributed by atoms with van der Waals surface area (Å²) in [6.45, 7) is 3.12. The van der Waals surface area contributed by atoms with Gasteiger partial charge in [0.05, 0.1) is 48.1 Å². The number of rotatable bonds is 13. The number of aliphatic hydroxyl groups is 1. The molecule has 0 saturated carbocycles. The molecule has 5 heterocycles. The lowest BCUT2D eigenvalue weighted by atomic mass is 9.87. The number of ether oxygens (including phenoxy) is 2. The van der Waals surface area contributed by atoms with Crippen LogP contribution in [-0.4, -0.2) is 71.4 Å². The van der Waals surface area contributed by atoms with E-state index < -0.39 is 0 Å². The number of fused-ring (bicyclic) bond motifs is 1. The van der Waals surface area contributed by atoms with Crippen LogP contribution in [0.2, 0.25) is 10.0 Å². The Morgan fingerprint density at radius 3 is 2.39 bits per heavy atom. The van der Waals surface area contributed by atoms with Crippen molar-refractivity contribution in [1.82, 2.24) is 30.3 Å². The minimum Gasteiger partial charge on any atom is -0.481 e. The molecule has 1 atom stereocenters. The number of hydrogen-bond acceptors (Lipinski definition) is 9. The molecule has 2 aliphatic heterocycles. The summed E-state index contributed by atoms with van der Waals surface area (Å²) in [5, 5.41) is 20.3. The molecule has 0 spiro atoms. The molecule has 2 fully saturated rings. The summed E-state index contributed by atoms with van der Waals surface area (Å²) >= 11 is 14.2. The van der Waals surface area contributed by atoms with Crippen molar-refractivity contribution in [3.63, 3.8) is 0 Å². The van der Waals surface area contributed by atoms with Gasteiger partial charge >= 0.3 is 0 Å². The predicted octanol–water partition coefficient (Wildman–Crippen LogP) is 4.87. The van der Waals surface area contributed by atoms with Gasteiger partial charge in [0.1, 0.15) is 5.65 Å². The van der Waals surface area contributed by atoms with Gasteiger partial charge in [-0.25, -0.2) is 9.97 Å². The van der Waals surface area contributed by atoms with E-state index >= 15 is 0 Å². The average Bonchev–Trinajstić information content (AvgIpc) is 3.55. The number of nitrogens with one attached hydrogen (secondary N) is 3. The topological polar surface area (TPSA) is 139 Å². The molecule has 2 aliphatic rings. The third-order valence-corrected chi connectivity index (χ3v) is 10.4. The van der Waals surface area contributed by atoms with Crippen molar-refractivity contribution < 1.29 is 19.4 Å². The number of nitrogens with zero attached hydrogens (tertiary/aromatic N) is 3. The van der Waals surface area contributed by atoms with Crippen molar-refractivity contribution in [2.45, 2.75) is 32.0 Å². The van der Waals surface area contributed by atoms with Crippen LogP contribution < -0.4 is 26.2 Å². The summed E-state index contributed by atoms with van der Waals surface area (Å²) in [5.41, 5.74) is 5.90. The first-order valence-electron chi connectivity index (χ1n) is 16.8. The molecule has 264 valence electrons. The molecular formula is C38H38Cl2N6O5. The number of hydrogen-bond donors (Lipinski definition) is 4. The summed E-state index contributed by atoms with van der Waals surface area (Å²) in [6, 6.07) is 19.2. The Bertz CT molecular complexity index is 2150. The predicted molar refractivity (Wildman–Crippen MR) is 197 cm³/mol. The van der Waals surface area contributed by atoms with Crippen LogP contribution >= 0.6 is 23.2 Å². The van der Waals surface area contributed by atoms with Crippen molar-refractivity contribution >= 4 is 34.8 Å². The molecule has 2 saturated heterocycles. The fraction of sp³-hybridized carbons (Fsp3) is 0.316. The standard InChI is InChI=1S/C38H38Cl2N6O5/c1-50-36-24(15-41-18-26-9-11-33(48)44-26)8-10-31(45-36)30-7-3-6-29(35(30)40)28-5-2-4-27(34(28)39)23-12-13-46-32(14-23)43-17-25(37(46)49)16-42-19-38(20-47)21-51-22-38/h2-8,10,12-14,17,26,41-42,47H,9,11,15-16,18-22H2,1H3,(H,44,48)/t26-/m1/s1. The Labute approximate surface area is 305 Å². The molecule has 13 heteroatoms. The van der Waals surface area contributed by atoms with Gasteiger partial charge < -0.3 is 30.5 Å². The fourth-order valence-electron chi connectivity index (χ4n) is 6.55. The molecule has 0 aliphatic carbocycles. The van der Waals surface area contributed by atoms with E-state index in [0.29, 0.717) is 78.6 Å². The van der Waals surface area contributed by atoms with Gasteiger partial charge in [-0.15, -0.1) is 0 Å². The minimum atomic E-state index is -0.291. The molecule has 0 unspecified atom stereocenters. The smallest absolute Gasteiger partial charge is 0.262 e. The van der Waals surface area contributed by atoms with Crippen LogP contribution in [0.3, 0.4) is 0 Å². The number of halogens is 2. The van der Waals surface area contributed by atoms with E-state index in [1.165, 1.54) is 4.40 Å². The van der Waals surface area contributed by atoms with Crippen LogP contribution in [0.25, 0.3) is 39.2 Å². The Balaban J connectivity index is 1.11. The van der Waals surface area contributed by atoms with E-state index in [4.69, 9.17) is 37.7 Å². The fourth-order valence-corrected chi connectivity index (χ4v) is 7.21. The van der Waals surface area contributed by atoms with Crippen LogP contribution in [0, 0.1) is 5.41 Å². The van der Waals surface area contributed by atoms with Gasteiger partial charge in [0, 0.05) is 84.4 Å². The van der Waals surface area contributed by atoms with Crippen molar-refractivity contribution in [2.24, 2.45) is 5.41 Å². The second-order valence-electron chi connectivity index (χ2n) is 13.1. The molecular weight excluding hydrogens is 691 g/mol. The maximum absolute atomic E-state index is 13.3. The maximum Gasteiger partial charge on any atom is 0.262 e. The van der Waals surface area contributed by atoms with E-state index in [9.17, 15) is 14.7 Å². The largest absolute Gasteiger partial charge is 0.481 e. The van der Waals surface area contributed by atoms with Crippen molar-refractivity contribution in [3.8, 4) is 39.4 Å². The van der Waals surface area contributed by atoms with Gasteiger partial charge in [-0.1, -0.05) is 65.7 Å². The first kappa shape index (κ1) is 35.1. The number of aliphatic hydroxyl groups excluding tert-OH is 1. The lowest BCUT2D eigenvalue weighted by Gasteiger charge is -2.40. The van der Waals surface area contributed by atoms with Gasteiger partial charge in [0.25, 0.3) is 5.56 Å². The molecule has 2 aromatic carbocycles. The van der Waals surface area contributed by atoms with E-state index in [1.807, 2.05) is 60.7 Å². The zero-order chi connectivity index (χ0) is 35.5. The SMILES string of the molecule is COc1nc(-c2cccc(-c3cccc(-c4ccn5c(=O)c(CNCC6(CO)COC6)cnc5c4)c3Cl)c2Cl)ccc1CNC[C@H]1CCC(=O)N1. The first-order chi connectivity index (χ1) is 24.8. The molecule has 0 radical (unpaired) electrons. The van der Waals surface area contributed by atoms with Crippen LogP contribution in [0.5, 0.6) is 5.88 Å². The quantitative estimate of drug-likeness (QED) is 0.134. The number of methoxy groups -OCH3 is 1. The monoisotopic (exact) mass is 728 g/mol. The second kappa shape index (κ2) is 15.1. The van der Waals surface area contributed by atoms with Crippen LogP contribution in [0.4, 0.5) is 0 Å². The highest BCUT2D eigenvalue weighted by molar-refractivity contribution is 6.39. The molecule has 4 N–H and O–H groups in total. The minimum absolute atomic E-state index is 0.0307. The Kier molecular flexibility index (Phi) is 10.4. The summed E-state index contributed by atoms with van der Waals surface area (Å²) in [6.07, 6.45) is 4.69. The zero-order valence-corrected chi connectivity index (χ0v) is 29.6. The number of carbonyl (C=O) groups is 1. The first-order valence-corrected chi connectivity index (χ1v) is 17.6. The normalized spacial score (nSPS) is 16.6. The molecule has 7 rings (SSSR count). The number of benzene rings is 2. The molecule has 5 aromatic rings. The lowest BCUT2D eigenvalue weighted by Crippen LogP contribution is -2.52. The zero-order valence-electron chi connectivity index (χ0n) is 28.0. The number of pyridine rings is 2. The highest BCUT2D eigenvalue weighted by atomic mass is 35.5. The van der Waals surface area contributed by atoms with Crippen LogP contribution in [0.15, 0.2) is 77.9 Å². The highest BCUT2D eigenvalue weighted by Gasteiger charge is 2.37. The summed E-state index contributed by atoms with van der Waals surface area (Å²) in [5.74, 6) is 0.581. The third kappa shape index (κ3) is 7.23. The molecule has 0 bridgehead atoms. The highest BCUT2D eigenvalue weighted by Crippen LogP contribution is 2.42. The number of carbonyl (C=O) groups excluding carboxylic acids is 1. The van der Waals surface area contributed by atoms with Crippen molar-refractivity contribution in [3.05, 3.63) is 105 Å². The Morgan fingerprint density at radius 2 is 1.71 bits per heavy atom. The summed E-state index contributed by atoms with van der Waals surface area (Å²) in [4.78, 5) is 34.2. The van der Waals surface area contributed by atoms with Gasteiger partial charge in [0.15, 0.2) is 0 Å². The van der Waals surface area contributed by atoms with E-state index in [0.717, 1.165) is 39.8 Å². The number of amides is 1. The summed E-state index contributed by atoms with van der Waals surface area (Å²) < 4.78 is 12.4. The average molecular weight is 730 g/mol. The number of aromatic nitrogens is 3. The maximum atomic E-state index is 13.3. The lowest BCUT2D eigenvalue weighted by molar-refractivity contribution is -0.134. The van der Waals surface area contributed by atoms with Crippen molar-refractivity contribution in [2.75, 3.05) is 40.0 Å². The van der Waals surface area contributed by atoms with Gasteiger partial charge in [-0.2, -0.15) is 0 Å². The van der Waals surface area contributed by atoms with E-state index in [-0.39, 0.29) is 29.5 Å². The van der Waals surface area contributed by atoms with Gasteiger partial charge in [-0.05, 0) is 30.2 Å². The second-order valence-corrected chi connectivity index (χ2v) is 13.9. The van der Waals surface area contributed by atoms with E-state index in [1.54, 1.807) is 19.5 Å².